The standard InChI is InChI=1S/C22H23N3O4/c26-20(9-10-25-21(27)18-3-1-2-4-19(18)22(25)28)23-17-7-5-16(6-8-17)15-24-11-13-29-14-12-24/h1-8H,9-15H2,(H,23,26). The van der Waals surface area contributed by atoms with Gasteiger partial charge in [-0.05, 0) is 29.8 Å². The molecule has 7 heteroatoms. The first-order chi connectivity index (χ1) is 14.1. The molecule has 4 rings (SSSR count). The predicted octanol–water partition coefficient (Wildman–Crippen LogP) is 2.14. The predicted molar refractivity (Wildman–Crippen MR) is 108 cm³/mol. The number of hydrogen-bond acceptors (Lipinski definition) is 5. The minimum Gasteiger partial charge on any atom is -0.379 e. The summed E-state index contributed by atoms with van der Waals surface area (Å²) in [6.45, 7) is 4.31. The minimum absolute atomic E-state index is 0.0565. The van der Waals surface area contributed by atoms with E-state index in [4.69, 9.17) is 4.74 Å². The topological polar surface area (TPSA) is 79.0 Å². The Balaban J connectivity index is 1.28. The van der Waals surface area contributed by atoms with E-state index >= 15 is 0 Å². The first-order valence-electron chi connectivity index (χ1n) is 9.76. The molecule has 150 valence electrons. The van der Waals surface area contributed by atoms with Crippen LogP contribution in [0.2, 0.25) is 0 Å². The molecule has 0 radical (unpaired) electrons. The van der Waals surface area contributed by atoms with Gasteiger partial charge in [0.15, 0.2) is 0 Å². The highest BCUT2D eigenvalue weighted by molar-refractivity contribution is 6.21. The van der Waals surface area contributed by atoms with E-state index in [0.29, 0.717) is 16.8 Å². The van der Waals surface area contributed by atoms with Crippen LogP contribution in [0, 0.1) is 0 Å². The zero-order valence-electron chi connectivity index (χ0n) is 16.1. The molecule has 1 saturated heterocycles. The SMILES string of the molecule is O=C(CCN1C(=O)c2ccccc2C1=O)Nc1ccc(CN2CCOCC2)cc1. The van der Waals surface area contributed by atoms with Crippen LogP contribution in [-0.2, 0) is 16.1 Å². The second-order valence-corrected chi connectivity index (χ2v) is 7.19. The van der Waals surface area contributed by atoms with Gasteiger partial charge in [-0.15, -0.1) is 0 Å². The van der Waals surface area contributed by atoms with Crippen molar-refractivity contribution in [2.24, 2.45) is 0 Å². The highest BCUT2D eigenvalue weighted by Gasteiger charge is 2.34. The van der Waals surface area contributed by atoms with E-state index in [9.17, 15) is 14.4 Å². The Morgan fingerprint density at radius 3 is 2.17 bits per heavy atom. The molecule has 0 bridgehead atoms. The number of nitrogens with zero attached hydrogens (tertiary/aromatic N) is 2. The van der Waals surface area contributed by atoms with Crippen LogP contribution < -0.4 is 5.32 Å². The number of amides is 3. The van der Waals surface area contributed by atoms with E-state index < -0.39 is 0 Å². The Kier molecular flexibility index (Phi) is 5.69. The van der Waals surface area contributed by atoms with E-state index in [1.54, 1.807) is 24.3 Å². The van der Waals surface area contributed by atoms with E-state index in [1.165, 1.54) is 5.56 Å². The molecule has 0 unspecified atom stereocenters. The molecule has 0 atom stereocenters. The summed E-state index contributed by atoms with van der Waals surface area (Å²) >= 11 is 0. The zero-order valence-corrected chi connectivity index (χ0v) is 16.1. The average Bonchev–Trinajstić information content (AvgIpc) is 2.99. The van der Waals surface area contributed by atoms with Crippen molar-refractivity contribution >= 4 is 23.4 Å². The van der Waals surface area contributed by atoms with Crippen molar-refractivity contribution < 1.29 is 19.1 Å². The number of imide groups is 1. The quantitative estimate of drug-likeness (QED) is 0.761. The third kappa shape index (κ3) is 4.36. The maximum atomic E-state index is 12.3. The van der Waals surface area contributed by atoms with Crippen molar-refractivity contribution in [3.8, 4) is 0 Å². The first-order valence-corrected chi connectivity index (χ1v) is 9.76. The van der Waals surface area contributed by atoms with E-state index in [1.807, 2.05) is 24.3 Å². The van der Waals surface area contributed by atoms with Gasteiger partial charge in [0.05, 0.1) is 24.3 Å². The second kappa shape index (κ2) is 8.55. The van der Waals surface area contributed by atoms with Crippen LogP contribution in [0.25, 0.3) is 0 Å². The van der Waals surface area contributed by atoms with Gasteiger partial charge in [-0.1, -0.05) is 24.3 Å². The molecule has 0 spiro atoms. The lowest BCUT2D eigenvalue weighted by Gasteiger charge is -2.26. The summed E-state index contributed by atoms with van der Waals surface area (Å²) in [6, 6.07) is 14.4. The maximum absolute atomic E-state index is 12.3. The molecular formula is C22H23N3O4. The van der Waals surface area contributed by atoms with Gasteiger partial charge in [0.2, 0.25) is 5.91 Å². The molecule has 1 N–H and O–H groups in total. The van der Waals surface area contributed by atoms with Crippen LogP contribution in [0.5, 0.6) is 0 Å². The lowest BCUT2D eigenvalue weighted by molar-refractivity contribution is -0.116. The zero-order chi connectivity index (χ0) is 20.2. The van der Waals surface area contributed by atoms with Gasteiger partial charge in [-0.2, -0.15) is 0 Å². The van der Waals surface area contributed by atoms with Gasteiger partial charge in [0.25, 0.3) is 11.8 Å². The minimum atomic E-state index is -0.342. The molecule has 0 aliphatic carbocycles. The number of hydrogen-bond donors (Lipinski definition) is 1. The lowest BCUT2D eigenvalue weighted by atomic mass is 10.1. The van der Waals surface area contributed by atoms with Crippen LogP contribution in [-0.4, -0.2) is 60.4 Å². The molecule has 2 aliphatic rings. The molecule has 0 saturated carbocycles. The fourth-order valence-corrected chi connectivity index (χ4v) is 3.59. The molecular weight excluding hydrogens is 370 g/mol. The van der Waals surface area contributed by atoms with Crippen molar-refractivity contribution in [3.63, 3.8) is 0 Å². The number of carbonyl (C=O) groups is 3. The molecule has 0 aromatic heterocycles. The summed E-state index contributed by atoms with van der Waals surface area (Å²) in [4.78, 5) is 40.4. The average molecular weight is 393 g/mol. The van der Waals surface area contributed by atoms with Crippen LogP contribution in [0.1, 0.15) is 32.7 Å². The van der Waals surface area contributed by atoms with E-state index in [2.05, 4.69) is 10.2 Å². The van der Waals surface area contributed by atoms with Gasteiger partial charge >= 0.3 is 0 Å². The summed E-state index contributed by atoms with van der Waals surface area (Å²) < 4.78 is 5.36. The van der Waals surface area contributed by atoms with Gasteiger partial charge in [0, 0.05) is 38.3 Å². The maximum Gasteiger partial charge on any atom is 0.261 e. The number of morpholine rings is 1. The monoisotopic (exact) mass is 393 g/mol. The number of carbonyl (C=O) groups excluding carboxylic acids is 3. The Morgan fingerprint density at radius 2 is 1.55 bits per heavy atom. The van der Waals surface area contributed by atoms with Gasteiger partial charge in [-0.3, -0.25) is 24.2 Å². The van der Waals surface area contributed by atoms with Crippen molar-refractivity contribution in [1.82, 2.24) is 9.80 Å². The molecule has 2 aromatic rings. The third-order valence-electron chi connectivity index (χ3n) is 5.19. The summed E-state index contributed by atoms with van der Waals surface area (Å²) in [5.41, 5.74) is 2.67. The Hall–Kier alpha value is -3.03. The van der Waals surface area contributed by atoms with Crippen molar-refractivity contribution in [2.45, 2.75) is 13.0 Å². The number of nitrogens with one attached hydrogen (secondary N) is 1. The summed E-state index contributed by atoms with van der Waals surface area (Å²) in [5, 5.41) is 2.83. The molecule has 2 aromatic carbocycles. The van der Waals surface area contributed by atoms with Crippen molar-refractivity contribution in [1.29, 1.82) is 0 Å². The molecule has 7 nitrogen and oxygen atoms in total. The van der Waals surface area contributed by atoms with Gasteiger partial charge in [0.1, 0.15) is 0 Å². The van der Waals surface area contributed by atoms with Gasteiger partial charge in [-0.25, -0.2) is 0 Å². The van der Waals surface area contributed by atoms with Crippen LogP contribution >= 0.6 is 0 Å². The largest absolute Gasteiger partial charge is 0.379 e. The third-order valence-corrected chi connectivity index (χ3v) is 5.19. The second-order valence-electron chi connectivity index (χ2n) is 7.19. The number of anilines is 1. The summed E-state index contributed by atoms with van der Waals surface area (Å²) in [5.74, 6) is -0.917. The highest BCUT2D eigenvalue weighted by Crippen LogP contribution is 2.22. The molecule has 2 aliphatic heterocycles. The molecule has 2 heterocycles. The van der Waals surface area contributed by atoms with Crippen LogP contribution in [0.3, 0.4) is 0 Å². The Labute approximate surface area is 169 Å². The van der Waals surface area contributed by atoms with Crippen molar-refractivity contribution in [3.05, 3.63) is 65.2 Å². The molecule has 29 heavy (non-hydrogen) atoms. The first kappa shape index (κ1) is 19.3. The van der Waals surface area contributed by atoms with Gasteiger partial charge < -0.3 is 10.1 Å². The summed E-state index contributed by atoms with van der Waals surface area (Å²) in [6.07, 6.45) is 0.0565. The number of rotatable bonds is 6. The summed E-state index contributed by atoms with van der Waals surface area (Å²) in [7, 11) is 0. The lowest BCUT2D eigenvalue weighted by Crippen LogP contribution is -2.35. The highest BCUT2D eigenvalue weighted by atomic mass is 16.5. The fraction of sp³-hybridized carbons (Fsp3) is 0.318. The van der Waals surface area contributed by atoms with Crippen LogP contribution in [0.4, 0.5) is 5.69 Å². The van der Waals surface area contributed by atoms with E-state index in [-0.39, 0.29) is 30.7 Å². The van der Waals surface area contributed by atoms with Crippen molar-refractivity contribution in [2.75, 3.05) is 38.2 Å². The van der Waals surface area contributed by atoms with Crippen LogP contribution in [0.15, 0.2) is 48.5 Å². The normalized spacial score (nSPS) is 16.8. The smallest absolute Gasteiger partial charge is 0.261 e. The van der Waals surface area contributed by atoms with E-state index in [0.717, 1.165) is 37.7 Å². The molecule has 1 fully saturated rings. The molecule has 3 amide bonds. The Morgan fingerprint density at radius 1 is 0.931 bits per heavy atom. The number of benzene rings is 2. The number of fused-ring (bicyclic) bond motifs is 1. The number of ether oxygens (including phenoxy) is 1. The fourth-order valence-electron chi connectivity index (χ4n) is 3.59. The Bertz CT molecular complexity index is 885.